The van der Waals surface area contributed by atoms with E-state index in [0.29, 0.717) is 30.4 Å². The number of nitrogens with zero attached hydrogens (tertiary/aromatic N) is 1. The van der Waals surface area contributed by atoms with Crippen LogP contribution in [0.5, 0.6) is 5.75 Å². The highest BCUT2D eigenvalue weighted by atomic mass is 35.5. The second-order valence-electron chi connectivity index (χ2n) is 13.8. The summed E-state index contributed by atoms with van der Waals surface area (Å²) in [5.41, 5.74) is 3.48. The third kappa shape index (κ3) is 5.90. The molecule has 0 aromatic heterocycles. The SMILES string of the molecule is CO[C@H]1/C=C/C[C@@H](C)[C@H](C(C)C)S(=O)(=O)NC(=O)c2ccc3c(c2)N(C[C@@H]2CC[C@H]21)C[C@@]1(CCCc2cc(Cl)ccc21)CO3. The van der Waals surface area contributed by atoms with Crippen LogP contribution in [-0.2, 0) is 26.6 Å². The van der Waals surface area contributed by atoms with Gasteiger partial charge in [-0.25, -0.2) is 13.1 Å². The molecule has 0 unspecified atom stereocenters. The summed E-state index contributed by atoms with van der Waals surface area (Å²) in [6, 6.07) is 11.6. The van der Waals surface area contributed by atoms with Gasteiger partial charge in [0.15, 0.2) is 0 Å². The Morgan fingerprint density at radius 2 is 1.98 bits per heavy atom. The number of carbonyl (C=O) groups is 1. The Labute approximate surface area is 267 Å². The molecule has 0 radical (unpaired) electrons. The zero-order valence-corrected chi connectivity index (χ0v) is 27.8. The Balaban J connectivity index is 1.44. The first-order valence-electron chi connectivity index (χ1n) is 16.1. The van der Waals surface area contributed by atoms with E-state index in [-0.39, 0.29) is 23.4 Å². The second-order valence-corrected chi connectivity index (χ2v) is 16.1. The number of methoxy groups -OCH3 is 1. The van der Waals surface area contributed by atoms with Gasteiger partial charge in [-0.15, -0.1) is 0 Å². The molecular weight excluding hydrogens is 596 g/mol. The van der Waals surface area contributed by atoms with Crippen molar-refractivity contribution < 1.29 is 22.7 Å². The first kappa shape index (κ1) is 31.4. The van der Waals surface area contributed by atoms with Gasteiger partial charge in [0, 0.05) is 36.2 Å². The van der Waals surface area contributed by atoms with Crippen molar-refractivity contribution in [1.82, 2.24) is 4.72 Å². The largest absolute Gasteiger partial charge is 0.490 e. The van der Waals surface area contributed by atoms with Gasteiger partial charge in [-0.3, -0.25) is 4.79 Å². The van der Waals surface area contributed by atoms with Gasteiger partial charge in [0.1, 0.15) is 5.75 Å². The van der Waals surface area contributed by atoms with Crippen molar-refractivity contribution in [1.29, 1.82) is 0 Å². The number of rotatable bonds is 2. The van der Waals surface area contributed by atoms with Crippen molar-refractivity contribution in [3.05, 3.63) is 70.3 Å². The minimum absolute atomic E-state index is 0.0387. The van der Waals surface area contributed by atoms with E-state index in [9.17, 15) is 13.2 Å². The molecule has 9 heteroatoms. The Morgan fingerprint density at radius 3 is 2.70 bits per heavy atom. The van der Waals surface area contributed by atoms with E-state index in [4.69, 9.17) is 21.1 Å². The Morgan fingerprint density at radius 1 is 1.16 bits per heavy atom. The molecule has 1 saturated carbocycles. The number of allylic oxidation sites excluding steroid dienone is 1. The fraction of sp³-hybridized carbons (Fsp3) is 0.571. The molecule has 2 aromatic carbocycles. The number of nitrogens with one attached hydrogen (secondary N) is 1. The van der Waals surface area contributed by atoms with Gasteiger partial charge in [-0.2, -0.15) is 0 Å². The number of carbonyl (C=O) groups excluding carboxylic acids is 1. The third-order valence-electron chi connectivity index (χ3n) is 10.6. The van der Waals surface area contributed by atoms with Gasteiger partial charge in [-0.1, -0.05) is 50.6 Å². The number of aryl methyl sites for hydroxylation is 1. The van der Waals surface area contributed by atoms with Crippen LogP contribution >= 0.6 is 11.6 Å². The summed E-state index contributed by atoms with van der Waals surface area (Å²) >= 11 is 6.42. The van der Waals surface area contributed by atoms with Gasteiger partial charge >= 0.3 is 0 Å². The van der Waals surface area contributed by atoms with Crippen LogP contribution in [0.25, 0.3) is 0 Å². The number of benzene rings is 2. The van der Waals surface area contributed by atoms with E-state index in [1.54, 1.807) is 13.2 Å². The van der Waals surface area contributed by atoms with Gasteiger partial charge in [0.2, 0.25) is 10.0 Å². The number of halogens is 1. The van der Waals surface area contributed by atoms with E-state index < -0.39 is 21.2 Å². The zero-order valence-electron chi connectivity index (χ0n) is 26.2. The second kappa shape index (κ2) is 12.3. The molecule has 2 aliphatic heterocycles. The monoisotopic (exact) mass is 640 g/mol. The lowest BCUT2D eigenvalue weighted by molar-refractivity contribution is 0.0131. The summed E-state index contributed by atoms with van der Waals surface area (Å²) in [6.45, 7) is 7.80. The molecule has 2 heterocycles. The van der Waals surface area contributed by atoms with E-state index in [1.165, 1.54) is 11.1 Å². The number of amides is 1. The molecular formula is C35H45ClN2O5S. The lowest BCUT2D eigenvalue weighted by Gasteiger charge is -2.46. The number of anilines is 1. The van der Waals surface area contributed by atoms with Crippen LogP contribution in [0, 0.1) is 23.7 Å². The fourth-order valence-electron chi connectivity index (χ4n) is 8.33. The molecule has 0 saturated heterocycles. The van der Waals surface area contributed by atoms with Gasteiger partial charge in [0.05, 0.1) is 23.6 Å². The molecule has 2 bridgehead atoms. The number of ether oxygens (including phenoxy) is 2. The smallest absolute Gasteiger partial charge is 0.264 e. The molecule has 238 valence electrons. The van der Waals surface area contributed by atoms with Crippen molar-refractivity contribution in [3.8, 4) is 5.75 Å². The van der Waals surface area contributed by atoms with Crippen molar-refractivity contribution in [2.75, 3.05) is 31.7 Å². The Kier molecular flexibility index (Phi) is 8.81. The van der Waals surface area contributed by atoms with E-state index in [1.807, 2.05) is 39.0 Å². The van der Waals surface area contributed by atoms with Crippen LogP contribution in [0.1, 0.15) is 74.4 Å². The van der Waals surface area contributed by atoms with Crippen LogP contribution in [0.4, 0.5) is 5.69 Å². The van der Waals surface area contributed by atoms with Crippen LogP contribution < -0.4 is 14.4 Å². The predicted molar refractivity (Wildman–Crippen MR) is 175 cm³/mol. The quantitative estimate of drug-likeness (QED) is 0.376. The van der Waals surface area contributed by atoms with Crippen molar-refractivity contribution >= 4 is 33.2 Å². The molecule has 1 amide bonds. The summed E-state index contributed by atoms with van der Waals surface area (Å²) in [6.07, 6.45) is 9.97. The third-order valence-corrected chi connectivity index (χ3v) is 13.0. The maximum absolute atomic E-state index is 13.6. The average Bonchev–Trinajstić information content (AvgIpc) is 3.10. The van der Waals surface area contributed by atoms with Crippen LogP contribution in [0.15, 0.2) is 48.6 Å². The summed E-state index contributed by atoms with van der Waals surface area (Å²) in [5.74, 6) is 0.530. The summed E-state index contributed by atoms with van der Waals surface area (Å²) in [5, 5.41) is 0.0289. The first-order chi connectivity index (χ1) is 21.0. The van der Waals surface area contributed by atoms with E-state index >= 15 is 0 Å². The molecule has 6 rings (SSSR count). The summed E-state index contributed by atoms with van der Waals surface area (Å²) < 4.78 is 42.3. The van der Waals surface area contributed by atoms with E-state index in [2.05, 4.69) is 33.9 Å². The summed E-state index contributed by atoms with van der Waals surface area (Å²) in [4.78, 5) is 16.0. The van der Waals surface area contributed by atoms with Crippen LogP contribution in [-0.4, -0.2) is 52.5 Å². The highest BCUT2D eigenvalue weighted by Gasteiger charge is 2.44. The highest BCUT2D eigenvalue weighted by Crippen LogP contribution is 2.47. The molecule has 4 aliphatic rings. The molecule has 1 N–H and O–H groups in total. The van der Waals surface area contributed by atoms with Crippen LogP contribution in [0.2, 0.25) is 5.02 Å². The molecule has 6 atom stereocenters. The van der Waals surface area contributed by atoms with Gasteiger partial charge < -0.3 is 14.4 Å². The van der Waals surface area contributed by atoms with Gasteiger partial charge in [-0.05, 0) is 104 Å². The maximum atomic E-state index is 13.6. The molecule has 2 aromatic rings. The minimum Gasteiger partial charge on any atom is -0.490 e. The normalized spacial score (nSPS) is 32.5. The number of sulfonamides is 1. The zero-order chi connectivity index (χ0) is 31.2. The van der Waals surface area contributed by atoms with E-state index in [0.717, 1.165) is 61.7 Å². The van der Waals surface area contributed by atoms with Crippen LogP contribution in [0.3, 0.4) is 0 Å². The topological polar surface area (TPSA) is 84.9 Å². The molecule has 1 fully saturated rings. The lowest BCUT2D eigenvalue weighted by Crippen LogP contribution is -2.49. The van der Waals surface area contributed by atoms with Crippen molar-refractivity contribution in [2.24, 2.45) is 23.7 Å². The van der Waals surface area contributed by atoms with Crippen molar-refractivity contribution in [2.45, 2.75) is 76.1 Å². The minimum atomic E-state index is -3.95. The van der Waals surface area contributed by atoms with Gasteiger partial charge in [0.25, 0.3) is 5.91 Å². The molecule has 1 spiro atoms. The number of hydrogen-bond donors (Lipinski definition) is 1. The summed E-state index contributed by atoms with van der Waals surface area (Å²) in [7, 11) is -2.18. The van der Waals surface area contributed by atoms with Crippen molar-refractivity contribution in [3.63, 3.8) is 0 Å². The number of hydrogen-bond acceptors (Lipinski definition) is 6. The highest BCUT2D eigenvalue weighted by molar-refractivity contribution is 7.90. The maximum Gasteiger partial charge on any atom is 0.264 e. The number of fused-ring (bicyclic) bond motifs is 4. The lowest BCUT2D eigenvalue weighted by atomic mass is 9.68. The Bertz CT molecular complexity index is 1540. The Hall–Kier alpha value is -2.55. The molecule has 7 nitrogen and oxygen atoms in total. The fourth-order valence-corrected chi connectivity index (χ4v) is 10.5. The first-order valence-corrected chi connectivity index (χ1v) is 18.0. The molecule has 2 aliphatic carbocycles. The predicted octanol–water partition coefficient (Wildman–Crippen LogP) is 6.53. The average molecular weight is 641 g/mol. The standard InChI is InChI=1S/C35H45ClN2O5S/c1-22(2)33-23(3)7-5-9-31(42-4)28-13-10-26(28)19-38-20-35(16-6-8-24-17-27(36)12-14-29(24)35)21-43-32-15-11-25(18-30(32)38)34(39)37-44(33,40)41/h5,9,11-12,14-15,17-18,22-23,26,28,31,33H,6-8,10,13,16,19-21H2,1-4H3,(H,37,39)/b9-5+/t23-,26+,28-,31+,33+,35+/m1/s1. The molecule has 44 heavy (non-hydrogen) atoms.